The molecule has 0 amide bonds. The molecule has 0 radical (unpaired) electrons. The predicted molar refractivity (Wildman–Crippen MR) is 48.6 cm³/mol. The van der Waals surface area contributed by atoms with Gasteiger partial charge < -0.3 is 0 Å². The SMILES string of the molecule is CC12CC=C3CC(C4CC41)C2C3. The van der Waals surface area contributed by atoms with Gasteiger partial charge in [-0.3, -0.25) is 0 Å². The zero-order valence-electron chi connectivity index (χ0n) is 7.72. The van der Waals surface area contributed by atoms with Gasteiger partial charge in [0, 0.05) is 0 Å². The third-order valence-electron chi connectivity index (χ3n) is 5.41. The lowest BCUT2D eigenvalue weighted by molar-refractivity contribution is 0.165. The Labute approximate surface area is 74.0 Å². The van der Waals surface area contributed by atoms with Crippen molar-refractivity contribution >= 4 is 0 Å². The van der Waals surface area contributed by atoms with Crippen LogP contribution in [0.4, 0.5) is 0 Å². The van der Waals surface area contributed by atoms with Gasteiger partial charge in [0.1, 0.15) is 0 Å². The van der Waals surface area contributed by atoms with E-state index in [0.29, 0.717) is 0 Å². The van der Waals surface area contributed by atoms with Crippen molar-refractivity contribution in [2.45, 2.75) is 32.6 Å². The highest BCUT2D eigenvalue weighted by Crippen LogP contribution is 2.75. The summed E-state index contributed by atoms with van der Waals surface area (Å²) in [6.07, 6.45) is 8.55. The summed E-state index contributed by atoms with van der Waals surface area (Å²) in [5.41, 5.74) is 2.57. The first-order valence-corrected chi connectivity index (χ1v) is 5.47. The van der Waals surface area contributed by atoms with Gasteiger partial charge in [0.05, 0.1) is 0 Å². The molecule has 0 aromatic rings. The molecule has 4 rings (SSSR count). The summed E-state index contributed by atoms with van der Waals surface area (Å²) in [6, 6.07) is 0. The minimum atomic E-state index is 0.759. The molecule has 4 aliphatic rings. The first-order valence-electron chi connectivity index (χ1n) is 5.47. The van der Waals surface area contributed by atoms with Gasteiger partial charge in [-0.1, -0.05) is 18.6 Å². The van der Waals surface area contributed by atoms with Crippen LogP contribution in [0.3, 0.4) is 0 Å². The lowest BCUT2D eigenvalue weighted by Gasteiger charge is -2.35. The summed E-state index contributed by atoms with van der Waals surface area (Å²) in [5, 5.41) is 0. The average Bonchev–Trinajstić information content (AvgIpc) is 2.70. The largest absolute Gasteiger partial charge is 0.0847 e. The molecule has 0 aliphatic heterocycles. The maximum atomic E-state index is 2.57. The van der Waals surface area contributed by atoms with E-state index in [9.17, 15) is 0 Å². The van der Waals surface area contributed by atoms with Gasteiger partial charge in [-0.25, -0.2) is 0 Å². The number of hydrogen-bond donors (Lipinski definition) is 0. The van der Waals surface area contributed by atoms with E-state index in [1.165, 1.54) is 25.2 Å². The quantitative estimate of drug-likeness (QED) is 0.478. The lowest BCUT2D eigenvalue weighted by atomic mass is 9.69. The van der Waals surface area contributed by atoms with Crippen LogP contribution in [0, 0.1) is 29.1 Å². The molecule has 3 fully saturated rings. The first-order chi connectivity index (χ1) is 5.79. The van der Waals surface area contributed by atoms with Gasteiger partial charge in [0.2, 0.25) is 0 Å². The highest BCUT2D eigenvalue weighted by atomic mass is 14.7. The second-order valence-corrected chi connectivity index (χ2v) is 5.76. The van der Waals surface area contributed by atoms with Gasteiger partial charge in [-0.15, -0.1) is 0 Å². The van der Waals surface area contributed by atoms with Crippen molar-refractivity contribution in [3.63, 3.8) is 0 Å². The Morgan fingerprint density at radius 1 is 1.25 bits per heavy atom. The molecule has 0 spiro atoms. The van der Waals surface area contributed by atoms with Crippen LogP contribution in [0.25, 0.3) is 0 Å². The van der Waals surface area contributed by atoms with Crippen molar-refractivity contribution < 1.29 is 0 Å². The summed E-state index contributed by atoms with van der Waals surface area (Å²) >= 11 is 0. The van der Waals surface area contributed by atoms with Crippen LogP contribution in [0.2, 0.25) is 0 Å². The molecule has 0 saturated heterocycles. The number of hydrogen-bond acceptors (Lipinski definition) is 0. The van der Waals surface area contributed by atoms with Crippen LogP contribution < -0.4 is 0 Å². The van der Waals surface area contributed by atoms with E-state index in [2.05, 4.69) is 13.0 Å². The molecule has 5 atom stereocenters. The van der Waals surface area contributed by atoms with Crippen molar-refractivity contribution in [2.75, 3.05) is 0 Å². The summed E-state index contributed by atoms with van der Waals surface area (Å²) in [5.74, 6) is 4.56. The Bertz CT molecular complexity index is 284. The normalized spacial score (nSPS) is 64.6. The maximum absolute atomic E-state index is 2.57. The van der Waals surface area contributed by atoms with Crippen LogP contribution in [-0.2, 0) is 0 Å². The number of fused-ring (bicyclic) bond motifs is 4. The second-order valence-electron chi connectivity index (χ2n) is 5.76. The van der Waals surface area contributed by atoms with E-state index in [1.807, 2.05) is 5.57 Å². The topological polar surface area (TPSA) is 0 Å². The van der Waals surface area contributed by atoms with Crippen LogP contribution in [0.1, 0.15) is 32.6 Å². The monoisotopic (exact) mass is 160 g/mol. The maximum Gasteiger partial charge on any atom is -0.0226 e. The summed E-state index contributed by atoms with van der Waals surface area (Å²) in [4.78, 5) is 0. The molecule has 0 nitrogen and oxygen atoms in total. The highest BCUT2D eigenvalue weighted by Gasteiger charge is 2.67. The van der Waals surface area contributed by atoms with Crippen molar-refractivity contribution in [3.8, 4) is 0 Å². The molecule has 64 valence electrons. The third kappa shape index (κ3) is 0.471. The van der Waals surface area contributed by atoms with E-state index < -0.39 is 0 Å². The molecule has 4 aliphatic carbocycles. The van der Waals surface area contributed by atoms with Crippen molar-refractivity contribution in [2.24, 2.45) is 29.1 Å². The van der Waals surface area contributed by atoms with E-state index in [-0.39, 0.29) is 0 Å². The zero-order chi connectivity index (χ0) is 7.92. The molecule has 0 heteroatoms. The van der Waals surface area contributed by atoms with Crippen molar-refractivity contribution in [3.05, 3.63) is 11.6 Å². The summed E-state index contributed by atoms with van der Waals surface area (Å²) in [7, 11) is 0. The van der Waals surface area contributed by atoms with Gasteiger partial charge in [-0.2, -0.15) is 0 Å². The standard InChI is InChI=1S/C12H16/c1-12-3-2-7-4-8(10(12)5-7)9-6-11(9)12/h2,8-11H,3-6H2,1H3. The molecule has 3 saturated carbocycles. The molecule has 0 N–H and O–H groups in total. The lowest BCUT2D eigenvalue weighted by Crippen LogP contribution is -2.27. The molecular weight excluding hydrogens is 144 g/mol. The summed E-state index contributed by atoms with van der Waals surface area (Å²) in [6.45, 7) is 2.57. The highest BCUT2D eigenvalue weighted by molar-refractivity contribution is 5.28. The summed E-state index contributed by atoms with van der Waals surface area (Å²) < 4.78 is 0. The smallest absolute Gasteiger partial charge is 0.0226 e. The van der Waals surface area contributed by atoms with Crippen molar-refractivity contribution in [1.82, 2.24) is 0 Å². The molecule has 0 heterocycles. The molecule has 0 aromatic carbocycles. The minimum absolute atomic E-state index is 0.759. The van der Waals surface area contributed by atoms with Crippen molar-refractivity contribution in [1.29, 1.82) is 0 Å². The fourth-order valence-electron chi connectivity index (χ4n) is 4.69. The Morgan fingerprint density at radius 3 is 3.08 bits per heavy atom. The van der Waals surface area contributed by atoms with Gasteiger partial charge in [0.15, 0.2) is 0 Å². The fraction of sp³-hybridized carbons (Fsp3) is 0.833. The Morgan fingerprint density at radius 2 is 2.17 bits per heavy atom. The van der Waals surface area contributed by atoms with Gasteiger partial charge in [-0.05, 0) is 54.8 Å². The molecule has 2 bridgehead atoms. The van der Waals surface area contributed by atoms with E-state index >= 15 is 0 Å². The van der Waals surface area contributed by atoms with Crippen LogP contribution in [0.15, 0.2) is 11.6 Å². The number of rotatable bonds is 0. The first kappa shape index (κ1) is 6.23. The average molecular weight is 160 g/mol. The Kier molecular flexibility index (Phi) is 0.799. The van der Waals surface area contributed by atoms with Gasteiger partial charge >= 0.3 is 0 Å². The zero-order valence-corrected chi connectivity index (χ0v) is 7.72. The van der Waals surface area contributed by atoms with Crippen LogP contribution >= 0.6 is 0 Å². The van der Waals surface area contributed by atoms with E-state index in [0.717, 1.165) is 23.2 Å². The number of allylic oxidation sites excluding steroid dienone is 2. The third-order valence-corrected chi connectivity index (χ3v) is 5.41. The molecular formula is C12H16. The molecule has 5 unspecified atom stereocenters. The fourth-order valence-corrected chi connectivity index (χ4v) is 4.69. The van der Waals surface area contributed by atoms with Crippen LogP contribution in [-0.4, -0.2) is 0 Å². The van der Waals surface area contributed by atoms with E-state index in [4.69, 9.17) is 0 Å². The second kappa shape index (κ2) is 1.54. The van der Waals surface area contributed by atoms with E-state index in [1.54, 1.807) is 6.42 Å². The minimum Gasteiger partial charge on any atom is -0.0847 e. The predicted octanol–water partition coefficient (Wildman–Crippen LogP) is 3.00. The Balaban J connectivity index is 1.93. The van der Waals surface area contributed by atoms with Crippen LogP contribution in [0.5, 0.6) is 0 Å². The Hall–Kier alpha value is -0.260. The molecule has 0 aromatic heterocycles. The van der Waals surface area contributed by atoms with Gasteiger partial charge in [0.25, 0.3) is 0 Å². The molecule has 12 heavy (non-hydrogen) atoms.